The van der Waals surface area contributed by atoms with Gasteiger partial charge in [-0.05, 0) is 31.5 Å². The van der Waals surface area contributed by atoms with E-state index < -0.39 is 10.8 Å². The number of nitrogens with one attached hydrogen (secondary N) is 1. The quantitative estimate of drug-likeness (QED) is 0.914. The molecule has 4 nitrogen and oxygen atoms in total. The molecule has 0 aromatic heterocycles. The minimum absolute atomic E-state index is 0.138. The maximum absolute atomic E-state index is 12.1. The molecule has 1 N–H and O–H groups in total. The molecule has 0 aliphatic carbocycles. The molecule has 0 spiro atoms. The van der Waals surface area contributed by atoms with E-state index in [1.165, 1.54) is 4.90 Å². The molecule has 1 rings (SSSR count). The molecule has 0 heterocycles. The van der Waals surface area contributed by atoms with Crippen molar-refractivity contribution in [1.29, 1.82) is 0 Å². The van der Waals surface area contributed by atoms with Crippen LogP contribution in [0.4, 0.5) is 10.5 Å². The Kier molecular flexibility index (Phi) is 6.30. The highest BCUT2D eigenvalue weighted by molar-refractivity contribution is 7.84. The average Bonchev–Trinajstić information content (AvgIpc) is 2.33. The predicted molar refractivity (Wildman–Crippen MR) is 86.4 cm³/mol. The lowest BCUT2D eigenvalue weighted by atomic mass is 10.2. The Morgan fingerprint density at radius 2 is 2.00 bits per heavy atom. The number of aryl methyl sites for hydroxylation is 1. The Morgan fingerprint density at radius 3 is 2.55 bits per heavy atom. The summed E-state index contributed by atoms with van der Waals surface area (Å²) < 4.78 is 11.2. The number of nitrogens with zero attached hydrogens (tertiary/aromatic N) is 1. The molecule has 0 aliphatic rings. The number of halogens is 2. The summed E-state index contributed by atoms with van der Waals surface area (Å²) in [5, 5.41) is 3.67. The number of hydrogen-bond donors (Lipinski definition) is 1. The van der Waals surface area contributed by atoms with Gasteiger partial charge in [-0.15, -0.1) is 0 Å². The molecular weight excluding hydrogens is 319 g/mol. The van der Waals surface area contributed by atoms with Crippen molar-refractivity contribution >= 4 is 45.7 Å². The molecule has 1 aromatic rings. The fourth-order valence-corrected chi connectivity index (χ4v) is 2.93. The number of urea groups is 1. The van der Waals surface area contributed by atoms with Gasteiger partial charge in [-0.3, -0.25) is 4.21 Å². The second-order valence-corrected chi connectivity index (χ2v) is 7.01. The lowest BCUT2D eigenvalue weighted by molar-refractivity contribution is 0.212. The molecule has 20 heavy (non-hydrogen) atoms. The second kappa shape index (κ2) is 7.29. The summed E-state index contributed by atoms with van der Waals surface area (Å²) in [6, 6.07) is 2.86. The fraction of sp³-hybridized carbons (Fsp3) is 0.462. The minimum Gasteiger partial charge on any atom is -0.324 e. The van der Waals surface area contributed by atoms with Crippen LogP contribution in [0, 0.1) is 6.92 Å². The lowest BCUT2D eigenvalue weighted by Gasteiger charge is -2.24. The third kappa shape index (κ3) is 4.65. The normalized spacial score (nSPS) is 13.7. The van der Waals surface area contributed by atoms with Gasteiger partial charge in [-0.2, -0.15) is 0 Å². The number of carbonyl (C=O) groups is 1. The van der Waals surface area contributed by atoms with Gasteiger partial charge in [0, 0.05) is 40.9 Å². The number of rotatable bonds is 4. The van der Waals surface area contributed by atoms with Crippen molar-refractivity contribution < 1.29 is 9.00 Å². The number of benzene rings is 1. The van der Waals surface area contributed by atoms with Crippen molar-refractivity contribution in [2.75, 3.05) is 24.4 Å². The van der Waals surface area contributed by atoms with Gasteiger partial charge < -0.3 is 10.2 Å². The highest BCUT2D eigenvalue weighted by atomic mass is 35.5. The largest absolute Gasteiger partial charge is 0.324 e. The number of anilines is 1. The summed E-state index contributed by atoms with van der Waals surface area (Å²) in [7, 11) is 0.690. The maximum Gasteiger partial charge on any atom is 0.321 e. The van der Waals surface area contributed by atoms with Crippen LogP contribution in [0.3, 0.4) is 0 Å². The van der Waals surface area contributed by atoms with E-state index in [1.807, 2.05) is 13.8 Å². The Balaban J connectivity index is 2.80. The van der Waals surface area contributed by atoms with Crippen molar-refractivity contribution in [3.05, 3.63) is 27.7 Å². The molecule has 0 saturated heterocycles. The van der Waals surface area contributed by atoms with Crippen LogP contribution in [0.5, 0.6) is 0 Å². The summed E-state index contributed by atoms with van der Waals surface area (Å²) in [6.07, 6.45) is 1.61. The van der Waals surface area contributed by atoms with Crippen molar-refractivity contribution in [3.8, 4) is 0 Å². The van der Waals surface area contributed by atoms with Crippen LogP contribution in [0.25, 0.3) is 0 Å². The van der Waals surface area contributed by atoms with E-state index in [9.17, 15) is 9.00 Å². The SMILES string of the molecule is Cc1cc(Cl)c(NC(=O)N(C)C(C)CS(C)=O)cc1Cl. The van der Waals surface area contributed by atoms with Crippen molar-refractivity contribution in [1.82, 2.24) is 4.90 Å². The summed E-state index contributed by atoms with van der Waals surface area (Å²) in [5.41, 5.74) is 1.31. The van der Waals surface area contributed by atoms with Crippen molar-refractivity contribution in [2.45, 2.75) is 19.9 Å². The first-order chi connectivity index (χ1) is 9.22. The van der Waals surface area contributed by atoms with E-state index in [0.717, 1.165) is 5.56 Å². The van der Waals surface area contributed by atoms with Crippen LogP contribution in [-0.4, -0.2) is 40.2 Å². The predicted octanol–water partition coefficient (Wildman–Crippen LogP) is 3.53. The Hall–Kier alpha value is -0.780. The first kappa shape index (κ1) is 17.3. The molecule has 2 atom stereocenters. The molecule has 0 saturated carbocycles. The average molecular weight is 337 g/mol. The molecule has 2 amide bonds. The summed E-state index contributed by atoms with van der Waals surface area (Å²) in [5.74, 6) is 0.423. The van der Waals surface area contributed by atoms with E-state index in [2.05, 4.69) is 5.32 Å². The first-order valence-corrected chi connectivity index (χ1v) is 8.50. The van der Waals surface area contributed by atoms with Crippen molar-refractivity contribution in [2.24, 2.45) is 0 Å². The fourth-order valence-electron chi connectivity index (χ4n) is 1.60. The molecule has 2 unspecified atom stereocenters. The Bertz CT molecular complexity index is 537. The summed E-state index contributed by atoms with van der Waals surface area (Å²) >= 11 is 12.1. The monoisotopic (exact) mass is 336 g/mol. The van der Waals surface area contributed by atoms with Gasteiger partial charge in [0.25, 0.3) is 0 Å². The summed E-state index contributed by atoms with van der Waals surface area (Å²) in [6.45, 7) is 3.68. The zero-order valence-corrected chi connectivity index (χ0v) is 14.2. The van der Waals surface area contributed by atoms with Crippen LogP contribution in [-0.2, 0) is 10.8 Å². The van der Waals surface area contributed by atoms with E-state index in [0.29, 0.717) is 21.5 Å². The number of hydrogen-bond acceptors (Lipinski definition) is 2. The van der Waals surface area contributed by atoms with Gasteiger partial charge in [0.05, 0.1) is 10.7 Å². The van der Waals surface area contributed by atoms with E-state index >= 15 is 0 Å². The van der Waals surface area contributed by atoms with Crippen molar-refractivity contribution in [3.63, 3.8) is 0 Å². The van der Waals surface area contributed by atoms with Gasteiger partial charge in [0.15, 0.2) is 0 Å². The molecule has 7 heteroatoms. The van der Waals surface area contributed by atoms with Gasteiger partial charge in [-0.1, -0.05) is 23.2 Å². The van der Waals surface area contributed by atoms with E-state index in [1.54, 1.807) is 25.4 Å². The van der Waals surface area contributed by atoms with Crippen LogP contribution in [0.2, 0.25) is 10.0 Å². The lowest BCUT2D eigenvalue weighted by Crippen LogP contribution is -2.41. The van der Waals surface area contributed by atoms with Gasteiger partial charge in [0.2, 0.25) is 0 Å². The minimum atomic E-state index is -0.959. The molecule has 0 radical (unpaired) electrons. The molecule has 0 bridgehead atoms. The highest BCUT2D eigenvalue weighted by Gasteiger charge is 2.18. The molecule has 0 fully saturated rings. The standard InChI is InChI=1S/C13H18Cl2N2O2S/c1-8-5-11(15)12(6-10(8)14)16-13(18)17(3)9(2)7-20(4)19/h5-6,9H,7H2,1-4H3,(H,16,18). The summed E-state index contributed by atoms with van der Waals surface area (Å²) in [4.78, 5) is 13.6. The van der Waals surface area contributed by atoms with Crippen LogP contribution in [0.1, 0.15) is 12.5 Å². The molecule has 1 aromatic carbocycles. The Labute approximate surface area is 131 Å². The zero-order valence-electron chi connectivity index (χ0n) is 11.9. The maximum atomic E-state index is 12.1. The van der Waals surface area contributed by atoms with Crippen LogP contribution < -0.4 is 5.32 Å². The van der Waals surface area contributed by atoms with Gasteiger partial charge in [-0.25, -0.2) is 4.79 Å². The smallest absolute Gasteiger partial charge is 0.321 e. The van der Waals surface area contributed by atoms with Crippen LogP contribution >= 0.6 is 23.2 Å². The van der Waals surface area contributed by atoms with Crippen LogP contribution in [0.15, 0.2) is 12.1 Å². The molecule has 0 aliphatic heterocycles. The second-order valence-electron chi connectivity index (χ2n) is 4.71. The highest BCUT2D eigenvalue weighted by Crippen LogP contribution is 2.29. The third-order valence-electron chi connectivity index (χ3n) is 2.95. The molecule has 112 valence electrons. The Morgan fingerprint density at radius 1 is 1.40 bits per heavy atom. The van der Waals surface area contributed by atoms with Gasteiger partial charge in [0.1, 0.15) is 0 Å². The number of amides is 2. The van der Waals surface area contributed by atoms with E-state index in [-0.39, 0.29) is 12.1 Å². The van der Waals surface area contributed by atoms with E-state index in [4.69, 9.17) is 23.2 Å². The number of carbonyl (C=O) groups excluding carboxylic acids is 1. The zero-order chi connectivity index (χ0) is 15.4. The topological polar surface area (TPSA) is 49.4 Å². The third-order valence-corrected chi connectivity index (χ3v) is 4.62. The molecular formula is C13H18Cl2N2O2S. The van der Waals surface area contributed by atoms with Gasteiger partial charge >= 0.3 is 6.03 Å². The first-order valence-electron chi connectivity index (χ1n) is 6.01.